The van der Waals surface area contributed by atoms with Crippen LogP contribution in [-0.4, -0.2) is 16.7 Å². The Morgan fingerprint density at radius 2 is 2.00 bits per heavy atom. The van der Waals surface area contributed by atoms with Crippen molar-refractivity contribution < 1.29 is 9.90 Å². The van der Waals surface area contributed by atoms with E-state index in [0.717, 1.165) is 10.0 Å². The van der Waals surface area contributed by atoms with Crippen molar-refractivity contribution in [3.8, 4) is 5.75 Å². The topological polar surface area (TPSA) is 61.7 Å². The van der Waals surface area contributed by atoms with E-state index in [0.29, 0.717) is 16.8 Å². The first-order valence-corrected chi connectivity index (χ1v) is 7.17. The quantitative estimate of drug-likeness (QED) is 0.658. The van der Waals surface area contributed by atoms with Crippen LogP contribution in [-0.2, 0) is 0 Å². The molecule has 21 heavy (non-hydrogen) atoms. The average molecular weight is 347 g/mol. The normalized spacial score (nSPS) is 11.3. The molecule has 0 aliphatic rings. The highest BCUT2D eigenvalue weighted by molar-refractivity contribution is 9.10. The zero-order valence-electron chi connectivity index (χ0n) is 11.7. The van der Waals surface area contributed by atoms with E-state index in [1.54, 1.807) is 37.3 Å². The number of rotatable bonds is 3. The molecule has 0 aliphatic carbocycles. The number of phenolic OH excluding ortho intramolecular Hbond substituents is 1. The fourth-order valence-electron chi connectivity index (χ4n) is 1.84. The first-order chi connectivity index (χ1) is 9.97. The van der Waals surface area contributed by atoms with Gasteiger partial charge in [-0.25, -0.2) is 5.43 Å². The second-order valence-electron chi connectivity index (χ2n) is 4.67. The molecule has 0 heterocycles. The first kappa shape index (κ1) is 15.3. The summed E-state index contributed by atoms with van der Waals surface area (Å²) in [6, 6.07) is 12.3. The molecule has 0 radical (unpaired) electrons. The van der Waals surface area contributed by atoms with Crippen LogP contribution in [0.1, 0.15) is 28.4 Å². The van der Waals surface area contributed by atoms with Crippen molar-refractivity contribution in [3.63, 3.8) is 0 Å². The maximum Gasteiger partial charge on any atom is 0.271 e. The number of aromatic hydroxyl groups is 1. The van der Waals surface area contributed by atoms with Gasteiger partial charge in [0.1, 0.15) is 5.75 Å². The number of hydrogen-bond acceptors (Lipinski definition) is 3. The number of benzene rings is 2. The van der Waals surface area contributed by atoms with E-state index in [2.05, 4.69) is 26.5 Å². The molecular formula is C16H15BrN2O2. The summed E-state index contributed by atoms with van der Waals surface area (Å²) in [7, 11) is 0. The Morgan fingerprint density at radius 3 is 2.71 bits per heavy atom. The van der Waals surface area contributed by atoms with Crippen LogP contribution in [0.15, 0.2) is 52.0 Å². The number of carbonyl (C=O) groups is 1. The largest absolute Gasteiger partial charge is 0.507 e. The molecule has 0 spiro atoms. The van der Waals surface area contributed by atoms with Crippen LogP contribution in [0.5, 0.6) is 5.75 Å². The summed E-state index contributed by atoms with van der Waals surface area (Å²) in [5.74, 6) is -0.170. The number of hydrazone groups is 1. The molecule has 0 bridgehead atoms. The van der Waals surface area contributed by atoms with Gasteiger partial charge in [-0.15, -0.1) is 0 Å². The van der Waals surface area contributed by atoms with Crippen LogP contribution in [0.2, 0.25) is 0 Å². The number of aryl methyl sites for hydroxylation is 1. The van der Waals surface area contributed by atoms with Crippen LogP contribution in [0.3, 0.4) is 0 Å². The molecule has 2 aromatic carbocycles. The van der Waals surface area contributed by atoms with E-state index in [9.17, 15) is 9.90 Å². The second kappa shape index (κ2) is 6.54. The van der Waals surface area contributed by atoms with Crippen LogP contribution in [0.25, 0.3) is 0 Å². The van der Waals surface area contributed by atoms with Gasteiger partial charge < -0.3 is 5.11 Å². The van der Waals surface area contributed by atoms with Crippen molar-refractivity contribution in [1.29, 1.82) is 0 Å². The lowest BCUT2D eigenvalue weighted by atomic mass is 10.1. The highest BCUT2D eigenvalue weighted by Gasteiger charge is 2.08. The molecule has 0 atom stereocenters. The van der Waals surface area contributed by atoms with Crippen LogP contribution < -0.4 is 5.43 Å². The predicted octanol–water partition coefficient (Wildman–Crippen LogP) is 3.62. The minimum Gasteiger partial charge on any atom is -0.507 e. The van der Waals surface area contributed by atoms with E-state index in [1.807, 2.05) is 19.1 Å². The van der Waals surface area contributed by atoms with Crippen LogP contribution >= 0.6 is 15.9 Å². The lowest BCUT2D eigenvalue weighted by molar-refractivity contribution is 0.0954. The molecule has 0 saturated carbocycles. The SMILES string of the molecule is CC(=NNC(=O)c1cccc(C)c1)c1cc(Br)ccc1O. The van der Waals surface area contributed by atoms with Crippen molar-refractivity contribution in [1.82, 2.24) is 5.43 Å². The lowest BCUT2D eigenvalue weighted by Gasteiger charge is -2.06. The molecule has 4 nitrogen and oxygen atoms in total. The van der Waals surface area contributed by atoms with Gasteiger partial charge in [-0.1, -0.05) is 33.6 Å². The van der Waals surface area contributed by atoms with Crippen molar-refractivity contribution >= 4 is 27.5 Å². The van der Waals surface area contributed by atoms with Crippen molar-refractivity contribution in [3.05, 3.63) is 63.6 Å². The molecule has 5 heteroatoms. The summed E-state index contributed by atoms with van der Waals surface area (Å²) in [6.45, 7) is 3.64. The summed E-state index contributed by atoms with van der Waals surface area (Å²) in [4.78, 5) is 12.0. The zero-order valence-corrected chi connectivity index (χ0v) is 13.3. The van der Waals surface area contributed by atoms with Gasteiger partial charge in [0, 0.05) is 15.6 Å². The van der Waals surface area contributed by atoms with E-state index < -0.39 is 0 Å². The molecule has 108 valence electrons. The summed E-state index contributed by atoms with van der Waals surface area (Å²) in [5, 5.41) is 13.8. The number of phenols is 1. The fraction of sp³-hybridized carbons (Fsp3) is 0.125. The number of nitrogens with zero attached hydrogens (tertiary/aromatic N) is 1. The smallest absolute Gasteiger partial charge is 0.271 e. The van der Waals surface area contributed by atoms with E-state index >= 15 is 0 Å². The fourth-order valence-corrected chi connectivity index (χ4v) is 2.20. The Bertz CT molecular complexity index is 711. The van der Waals surface area contributed by atoms with Crippen molar-refractivity contribution in [2.45, 2.75) is 13.8 Å². The Labute approximate surface area is 131 Å². The molecule has 0 fully saturated rings. The van der Waals surface area contributed by atoms with Gasteiger partial charge >= 0.3 is 0 Å². The summed E-state index contributed by atoms with van der Waals surface area (Å²) in [6.07, 6.45) is 0. The lowest BCUT2D eigenvalue weighted by Crippen LogP contribution is -2.19. The highest BCUT2D eigenvalue weighted by Crippen LogP contribution is 2.22. The van der Waals surface area contributed by atoms with Gasteiger partial charge in [0.2, 0.25) is 0 Å². The summed E-state index contributed by atoms with van der Waals surface area (Å²) >= 11 is 3.34. The monoisotopic (exact) mass is 346 g/mol. The maximum absolute atomic E-state index is 12.0. The Balaban J connectivity index is 2.17. The minimum atomic E-state index is -0.285. The summed E-state index contributed by atoms with van der Waals surface area (Å²) in [5.41, 5.74) is 5.13. The Kier molecular flexibility index (Phi) is 4.75. The first-order valence-electron chi connectivity index (χ1n) is 6.37. The Hall–Kier alpha value is -2.14. The van der Waals surface area contributed by atoms with Crippen LogP contribution in [0.4, 0.5) is 0 Å². The van der Waals surface area contributed by atoms with Gasteiger partial charge in [0.25, 0.3) is 5.91 Å². The Morgan fingerprint density at radius 1 is 1.24 bits per heavy atom. The van der Waals surface area contributed by atoms with E-state index in [1.165, 1.54) is 0 Å². The van der Waals surface area contributed by atoms with E-state index in [4.69, 9.17) is 0 Å². The zero-order chi connectivity index (χ0) is 15.4. The molecule has 2 rings (SSSR count). The van der Waals surface area contributed by atoms with Gasteiger partial charge in [0.15, 0.2) is 0 Å². The predicted molar refractivity (Wildman–Crippen MR) is 86.7 cm³/mol. The standard InChI is InChI=1S/C16H15BrN2O2/c1-10-4-3-5-12(8-10)16(21)19-18-11(2)14-9-13(17)6-7-15(14)20/h3-9,20H,1-2H3,(H,19,21). The third kappa shape index (κ3) is 3.92. The van der Waals surface area contributed by atoms with Crippen molar-refractivity contribution in [2.24, 2.45) is 5.10 Å². The molecule has 2 N–H and O–H groups in total. The molecule has 0 aromatic heterocycles. The molecule has 0 unspecified atom stereocenters. The molecule has 0 aliphatic heterocycles. The van der Waals surface area contributed by atoms with Gasteiger partial charge in [-0.2, -0.15) is 5.10 Å². The second-order valence-corrected chi connectivity index (χ2v) is 5.58. The van der Waals surface area contributed by atoms with Gasteiger partial charge in [0.05, 0.1) is 5.71 Å². The average Bonchev–Trinajstić information content (AvgIpc) is 2.47. The van der Waals surface area contributed by atoms with Gasteiger partial charge in [-0.3, -0.25) is 4.79 Å². The van der Waals surface area contributed by atoms with Crippen LogP contribution in [0, 0.1) is 6.92 Å². The number of nitrogens with one attached hydrogen (secondary N) is 1. The molecule has 0 saturated heterocycles. The third-order valence-corrected chi connectivity index (χ3v) is 3.45. The number of amides is 1. The third-order valence-electron chi connectivity index (χ3n) is 2.95. The number of halogens is 1. The summed E-state index contributed by atoms with van der Waals surface area (Å²) < 4.78 is 0.829. The molecule has 1 amide bonds. The molecular weight excluding hydrogens is 332 g/mol. The minimum absolute atomic E-state index is 0.115. The molecule has 2 aromatic rings. The number of hydrogen-bond donors (Lipinski definition) is 2. The van der Waals surface area contributed by atoms with E-state index in [-0.39, 0.29) is 11.7 Å². The van der Waals surface area contributed by atoms with Crippen molar-refractivity contribution in [2.75, 3.05) is 0 Å². The van der Waals surface area contributed by atoms with Gasteiger partial charge in [-0.05, 0) is 44.2 Å². The maximum atomic E-state index is 12.0. The number of carbonyl (C=O) groups excluding carboxylic acids is 1. The highest BCUT2D eigenvalue weighted by atomic mass is 79.9.